The largest absolute Gasteiger partial charge is 0.385 e. The SMILES string of the molecule is CN1[C@@H]2CCNc3ccccc3CN(C(=O)CN3CCCC3=O)C[C@H]1CC2. The molecule has 2 fully saturated rings. The van der Waals surface area contributed by atoms with Crippen molar-refractivity contribution in [2.75, 3.05) is 38.5 Å². The number of benzene rings is 1. The van der Waals surface area contributed by atoms with Crippen molar-refractivity contribution < 1.29 is 9.59 Å². The second-order valence-corrected chi connectivity index (χ2v) is 8.12. The number of likely N-dealkylation sites (tertiary alicyclic amines) is 1. The molecule has 2 atom stereocenters. The Labute approximate surface area is 161 Å². The molecule has 6 heteroatoms. The molecule has 4 rings (SSSR count). The van der Waals surface area contributed by atoms with Crippen LogP contribution in [0.25, 0.3) is 0 Å². The van der Waals surface area contributed by atoms with Crippen molar-refractivity contribution in [1.82, 2.24) is 14.7 Å². The van der Waals surface area contributed by atoms with Crippen molar-refractivity contribution in [3.63, 3.8) is 0 Å². The van der Waals surface area contributed by atoms with E-state index in [9.17, 15) is 9.59 Å². The zero-order valence-electron chi connectivity index (χ0n) is 16.2. The Hall–Kier alpha value is -2.08. The molecule has 1 aromatic carbocycles. The summed E-state index contributed by atoms with van der Waals surface area (Å²) in [5.74, 6) is 0.178. The molecule has 1 aromatic rings. The lowest BCUT2D eigenvalue weighted by molar-refractivity contribution is -0.139. The van der Waals surface area contributed by atoms with E-state index in [-0.39, 0.29) is 18.4 Å². The van der Waals surface area contributed by atoms with Gasteiger partial charge in [0, 0.05) is 50.4 Å². The number of fused-ring (bicyclic) bond motifs is 3. The van der Waals surface area contributed by atoms with Crippen LogP contribution in [0, 0.1) is 0 Å². The summed E-state index contributed by atoms with van der Waals surface area (Å²) in [7, 11) is 2.19. The van der Waals surface area contributed by atoms with E-state index in [1.54, 1.807) is 4.90 Å². The Morgan fingerprint density at radius 1 is 1.19 bits per heavy atom. The van der Waals surface area contributed by atoms with E-state index >= 15 is 0 Å². The summed E-state index contributed by atoms with van der Waals surface area (Å²) in [5.41, 5.74) is 2.27. The first kappa shape index (κ1) is 18.3. The average Bonchev–Trinajstić information content (AvgIpc) is 3.20. The maximum absolute atomic E-state index is 13.1. The van der Waals surface area contributed by atoms with Crippen molar-refractivity contribution in [1.29, 1.82) is 0 Å². The molecule has 2 saturated heterocycles. The van der Waals surface area contributed by atoms with E-state index in [2.05, 4.69) is 29.4 Å². The normalized spacial score (nSPS) is 26.5. The van der Waals surface area contributed by atoms with E-state index in [4.69, 9.17) is 0 Å². The fourth-order valence-corrected chi connectivity index (χ4v) is 4.71. The molecule has 0 unspecified atom stereocenters. The van der Waals surface area contributed by atoms with Crippen molar-refractivity contribution in [3.8, 4) is 0 Å². The highest BCUT2D eigenvalue weighted by molar-refractivity contribution is 5.86. The first-order valence-corrected chi connectivity index (χ1v) is 10.2. The molecule has 1 N–H and O–H groups in total. The Balaban J connectivity index is 1.57. The van der Waals surface area contributed by atoms with Crippen molar-refractivity contribution in [2.24, 2.45) is 0 Å². The lowest BCUT2D eigenvalue weighted by atomic mass is 10.1. The number of anilines is 1. The molecule has 27 heavy (non-hydrogen) atoms. The van der Waals surface area contributed by atoms with Crippen LogP contribution in [0.3, 0.4) is 0 Å². The van der Waals surface area contributed by atoms with Crippen molar-refractivity contribution >= 4 is 17.5 Å². The molecule has 0 spiro atoms. The van der Waals surface area contributed by atoms with Gasteiger partial charge in [-0.25, -0.2) is 0 Å². The summed E-state index contributed by atoms with van der Waals surface area (Å²) in [4.78, 5) is 31.3. The Morgan fingerprint density at radius 2 is 2.00 bits per heavy atom. The third-order valence-corrected chi connectivity index (χ3v) is 6.44. The van der Waals surface area contributed by atoms with Gasteiger partial charge < -0.3 is 15.1 Å². The predicted octanol–water partition coefficient (Wildman–Crippen LogP) is 1.92. The third kappa shape index (κ3) is 3.95. The lowest BCUT2D eigenvalue weighted by Crippen LogP contribution is -2.46. The van der Waals surface area contributed by atoms with Crippen LogP contribution in [0.1, 0.15) is 37.7 Å². The molecule has 3 aliphatic rings. The highest BCUT2D eigenvalue weighted by atomic mass is 16.2. The zero-order valence-corrected chi connectivity index (χ0v) is 16.2. The topological polar surface area (TPSA) is 55.9 Å². The predicted molar refractivity (Wildman–Crippen MR) is 105 cm³/mol. The molecule has 0 saturated carbocycles. The first-order valence-electron chi connectivity index (χ1n) is 10.2. The highest BCUT2D eigenvalue weighted by Crippen LogP contribution is 2.28. The lowest BCUT2D eigenvalue weighted by Gasteiger charge is -2.32. The average molecular weight is 370 g/mol. The quantitative estimate of drug-likeness (QED) is 0.864. The number of amides is 2. The van der Waals surface area contributed by atoms with Gasteiger partial charge in [0.05, 0.1) is 6.54 Å². The minimum absolute atomic E-state index is 0.0659. The van der Waals surface area contributed by atoms with Gasteiger partial charge in [0.1, 0.15) is 0 Å². The molecule has 6 nitrogen and oxygen atoms in total. The third-order valence-electron chi connectivity index (χ3n) is 6.44. The monoisotopic (exact) mass is 370 g/mol. The van der Waals surface area contributed by atoms with Gasteiger partial charge in [-0.05, 0) is 44.4 Å². The van der Waals surface area contributed by atoms with Gasteiger partial charge in [-0.15, -0.1) is 0 Å². The smallest absolute Gasteiger partial charge is 0.242 e. The zero-order chi connectivity index (χ0) is 18.8. The number of likely N-dealkylation sites (N-methyl/N-ethyl adjacent to an activating group) is 1. The van der Waals surface area contributed by atoms with Gasteiger partial charge in [0.15, 0.2) is 0 Å². The number of para-hydroxylation sites is 1. The number of hydrogen-bond acceptors (Lipinski definition) is 4. The Bertz CT molecular complexity index is 707. The molecule has 0 aliphatic carbocycles. The number of nitrogens with zero attached hydrogens (tertiary/aromatic N) is 3. The number of carbonyl (C=O) groups excluding carboxylic acids is 2. The van der Waals surface area contributed by atoms with Crippen molar-refractivity contribution in [3.05, 3.63) is 29.8 Å². The molecule has 3 heterocycles. The second-order valence-electron chi connectivity index (χ2n) is 8.12. The minimum atomic E-state index is 0.0659. The van der Waals surface area contributed by atoms with E-state index in [0.29, 0.717) is 31.6 Å². The number of carbonyl (C=O) groups is 2. The van der Waals surface area contributed by atoms with Gasteiger partial charge in [-0.2, -0.15) is 0 Å². The summed E-state index contributed by atoms with van der Waals surface area (Å²) >= 11 is 0. The second kappa shape index (κ2) is 7.89. The number of hydrogen-bond donors (Lipinski definition) is 1. The van der Waals surface area contributed by atoms with Crippen LogP contribution in [-0.2, 0) is 16.1 Å². The van der Waals surface area contributed by atoms with E-state index in [1.807, 2.05) is 17.0 Å². The van der Waals surface area contributed by atoms with Crippen LogP contribution in [0.15, 0.2) is 24.3 Å². The van der Waals surface area contributed by atoms with E-state index < -0.39 is 0 Å². The summed E-state index contributed by atoms with van der Waals surface area (Å²) in [6, 6.07) is 9.25. The fourth-order valence-electron chi connectivity index (χ4n) is 4.71. The summed E-state index contributed by atoms with van der Waals surface area (Å²) in [6.07, 6.45) is 4.89. The van der Waals surface area contributed by atoms with Crippen LogP contribution in [0.5, 0.6) is 0 Å². The van der Waals surface area contributed by atoms with Crippen molar-refractivity contribution in [2.45, 2.75) is 50.7 Å². The Kier molecular flexibility index (Phi) is 5.34. The number of rotatable bonds is 2. The van der Waals surface area contributed by atoms with Crippen LogP contribution >= 0.6 is 0 Å². The fraction of sp³-hybridized carbons (Fsp3) is 0.619. The van der Waals surface area contributed by atoms with E-state index in [0.717, 1.165) is 43.6 Å². The van der Waals surface area contributed by atoms with Gasteiger partial charge in [-0.3, -0.25) is 14.5 Å². The molecule has 0 radical (unpaired) electrons. The standard InChI is InChI=1S/C21H30N4O2/c1-23-17-8-9-18(23)14-25(21(27)15-24-12-4-7-20(24)26)13-16-5-2-3-6-19(16)22-11-10-17/h2-3,5-6,17-18,22H,4,7-15H2,1H3/t17-,18+/m0/s1. The highest BCUT2D eigenvalue weighted by Gasteiger charge is 2.34. The maximum Gasteiger partial charge on any atom is 0.242 e. The van der Waals surface area contributed by atoms with Crippen LogP contribution < -0.4 is 5.32 Å². The van der Waals surface area contributed by atoms with Gasteiger partial charge in [-0.1, -0.05) is 18.2 Å². The molecule has 2 bridgehead atoms. The molecule has 0 aromatic heterocycles. The molecular weight excluding hydrogens is 340 g/mol. The van der Waals surface area contributed by atoms with Crippen LogP contribution in [0.2, 0.25) is 0 Å². The Morgan fingerprint density at radius 3 is 2.81 bits per heavy atom. The molecule has 2 amide bonds. The first-order chi connectivity index (χ1) is 13.1. The molecular formula is C21H30N4O2. The summed E-state index contributed by atoms with van der Waals surface area (Å²) < 4.78 is 0. The maximum atomic E-state index is 13.1. The van der Waals surface area contributed by atoms with Crippen LogP contribution in [0.4, 0.5) is 5.69 Å². The van der Waals surface area contributed by atoms with E-state index in [1.165, 1.54) is 6.42 Å². The van der Waals surface area contributed by atoms with Gasteiger partial charge >= 0.3 is 0 Å². The summed E-state index contributed by atoms with van der Waals surface area (Å²) in [6.45, 7) is 3.21. The number of nitrogens with one attached hydrogen (secondary N) is 1. The van der Waals surface area contributed by atoms with Gasteiger partial charge in [0.2, 0.25) is 11.8 Å². The summed E-state index contributed by atoms with van der Waals surface area (Å²) in [5, 5.41) is 3.57. The van der Waals surface area contributed by atoms with Gasteiger partial charge in [0.25, 0.3) is 0 Å². The molecule has 3 aliphatic heterocycles. The van der Waals surface area contributed by atoms with Crippen LogP contribution in [-0.4, -0.2) is 71.8 Å². The minimum Gasteiger partial charge on any atom is -0.385 e. The molecule has 146 valence electrons.